The van der Waals surface area contributed by atoms with E-state index in [9.17, 15) is 0 Å². The van der Waals surface area contributed by atoms with Gasteiger partial charge in [0.2, 0.25) is 0 Å². The van der Waals surface area contributed by atoms with Crippen molar-refractivity contribution in [2.24, 2.45) is 0 Å². The number of rotatable bonds is 1. The molecule has 108 valence electrons. The third kappa shape index (κ3) is 1.88. The van der Waals surface area contributed by atoms with Crippen LogP contribution in [0.1, 0.15) is 11.1 Å². The van der Waals surface area contributed by atoms with Crippen molar-refractivity contribution in [2.45, 2.75) is 13.8 Å². The van der Waals surface area contributed by atoms with Crippen LogP contribution in [0, 0.1) is 13.8 Å². The van der Waals surface area contributed by atoms with Gasteiger partial charge in [0.15, 0.2) is 0 Å². The molecule has 0 atom stereocenters. The first-order valence-corrected chi connectivity index (χ1v) is 7.42. The lowest BCUT2D eigenvalue weighted by Gasteiger charge is -2.10. The van der Waals surface area contributed by atoms with Crippen LogP contribution in [0.2, 0.25) is 0 Å². The van der Waals surface area contributed by atoms with Crippen LogP contribution in [0.5, 0.6) is 0 Å². The Morgan fingerprint density at radius 1 is 0.818 bits per heavy atom. The Morgan fingerprint density at radius 2 is 1.59 bits per heavy atom. The van der Waals surface area contributed by atoms with Crippen LogP contribution in [-0.2, 0) is 0 Å². The third-order valence-corrected chi connectivity index (χ3v) is 4.28. The van der Waals surface area contributed by atoms with Crippen molar-refractivity contribution in [3.05, 3.63) is 65.7 Å². The quantitative estimate of drug-likeness (QED) is 0.473. The normalized spacial score (nSPS) is 11.4. The van der Waals surface area contributed by atoms with Crippen molar-refractivity contribution in [3.63, 3.8) is 0 Å². The SMILES string of the molecule is Cc1cc(N)c(C)c(-c2ccc3c(c2)oc2ccccc23)c1. The molecule has 22 heavy (non-hydrogen) atoms. The number of hydrogen-bond acceptors (Lipinski definition) is 2. The first kappa shape index (κ1) is 13.0. The Bertz CT molecular complexity index is 1010. The van der Waals surface area contributed by atoms with Crippen molar-refractivity contribution in [1.82, 2.24) is 0 Å². The molecule has 0 saturated heterocycles. The predicted molar refractivity (Wildman–Crippen MR) is 93.0 cm³/mol. The maximum absolute atomic E-state index is 6.11. The smallest absolute Gasteiger partial charge is 0.136 e. The highest BCUT2D eigenvalue weighted by Crippen LogP contribution is 2.34. The van der Waals surface area contributed by atoms with E-state index in [0.29, 0.717) is 0 Å². The summed E-state index contributed by atoms with van der Waals surface area (Å²) in [5.74, 6) is 0. The monoisotopic (exact) mass is 287 g/mol. The van der Waals surface area contributed by atoms with E-state index in [-0.39, 0.29) is 0 Å². The van der Waals surface area contributed by atoms with E-state index in [0.717, 1.165) is 38.8 Å². The molecule has 0 aliphatic rings. The number of benzene rings is 3. The van der Waals surface area contributed by atoms with Gasteiger partial charge in [0.1, 0.15) is 11.2 Å². The average molecular weight is 287 g/mol. The van der Waals surface area contributed by atoms with Gasteiger partial charge in [-0.15, -0.1) is 0 Å². The number of hydrogen-bond donors (Lipinski definition) is 1. The second kappa shape index (κ2) is 4.63. The van der Waals surface area contributed by atoms with Gasteiger partial charge in [0.05, 0.1) is 0 Å². The molecule has 2 nitrogen and oxygen atoms in total. The van der Waals surface area contributed by atoms with Crippen molar-refractivity contribution in [2.75, 3.05) is 5.73 Å². The lowest BCUT2D eigenvalue weighted by molar-refractivity contribution is 0.669. The number of anilines is 1. The molecule has 4 aromatic rings. The Labute approximate surface area is 129 Å². The molecule has 1 aromatic heterocycles. The lowest BCUT2D eigenvalue weighted by atomic mass is 9.96. The summed E-state index contributed by atoms with van der Waals surface area (Å²) in [4.78, 5) is 0. The van der Waals surface area contributed by atoms with E-state index in [1.807, 2.05) is 24.3 Å². The molecule has 1 heterocycles. The van der Waals surface area contributed by atoms with Gasteiger partial charge >= 0.3 is 0 Å². The predicted octanol–water partition coefficient (Wildman–Crippen LogP) is 5.45. The number of para-hydroxylation sites is 1. The molecule has 0 fully saturated rings. The molecule has 0 spiro atoms. The van der Waals surface area contributed by atoms with Gasteiger partial charge < -0.3 is 10.2 Å². The average Bonchev–Trinajstić information content (AvgIpc) is 2.88. The van der Waals surface area contributed by atoms with Crippen molar-refractivity contribution < 1.29 is 4.42 Å². The van der Waals surface area contributed by atoms with E-state index in [1.54, 1.807) is 0 Å². The second-order valence-electron chi connectivity index (χ2n) is 5.84. The van der Waals surface area contributed by atoms with Gasteiger partial charge in [0, 0.05) is 16.5 Å². The zero-order valence-electron chi connectivity index (χ0n) is 12.7. The topological polar surface area (TPSA) is 39.2 Å². The number of nitrogens with two attached hydrogens (primary N) is 1. The molecule has 2 heteroatoms. The number of furan rings is 1. The maximum Gasteiger partial charge on any atom is 0.136 e. The van der Waals surface area contributed by atoms with Gasteiger partial charge in [-0.1, -0.05) is 30.3 Å². The summed E-state index contributed by atoms with van der Waals surface area (Å²) in [5, 5.41) is 2.31. The summed E-state index contributed by atoms with van der Waals surface area (Å²) >= 11 is 0. The summed E-state index contributed by atoms with van der Waals surface area (Å²) in [5.41, 5.74) is 13.4. The summed E-state index contributed by atoms with van der Waals surface area (Å²) in [6.07, 6.45) is 0. The number of nitrogen functional groups attached to an aromatic ring is 1. The molecule has 0 unspecified atom stereocenters. The third-order valence-electron chi connectivity index (χ3n) is 4.28. The summed E-state index contributed by atoms with van der Waals surface area (Å²) < 4.78 is 5.98. The van der Waals surface area contributed by atoms with Crippen LogP contribution in [0.3, 0.4) is 0 Å². The fourth-order valence-electron chi connectivity index (χ4n) is 3.08. The Balaban J connectivity index is 1.99. The van der Waals surface area contributed by atoms with E-state index in [2.05, 4.69) is 44.2 Å². The fraction of sp³-hybridized carbons (Fsp3) is 0.100. The maximum atomic E-state index is 6.11. The van der Waals surface area contributed by atoms with Crippen LogP contribution in [0.15, 0.2) is 59.0 Å². The van der Waals surface area contributed by atoms with E-state index < -0.39 is 0 Å². The van der Waals surface area contributed by atoms with E-state index in [1.165, 1.54) is 11.1 Å². The van der Waals surface area contributed by atoms with Crippen molar-refractivity contribution in [1.29, 1.82) is 0 Å². The van der Waals surface area contributed by atoms with Crippen LogP contribution in [0.4, 0.5) is 5.69 Å². The molecule has 2 N–H and O–H groups in total. The first-order chi connectivity index (χ1) is 10.6. The molecule has 0 aliphatic carbocycles. The van der Waals surface area contributed by atoms with Crippen molar-refractivity contribution >= 4 is 27.6 Å². The molecule has 0 aliphatic heterocycles. The number of aryl methyl sites for hydroxylation is 1. The van der Waals surface area contributed by atoms with E-state index >= 15 is 0 Å². The molecule has 0 amide bonds. The minimum Gasteiger partial charge on any atom is -0.456 e. The van der Waals surface area contributed by atoms with Crippen LogP contribution < -0.4 is 5.73 Å². The molecule has 0 radical (unpaired) electrons. The Hall–Kier alpha value is -2.74. The molecule has 4 rings (SSSR count). The van der Waals surface area contributed by atoms with Gasteiger partial charge in [-0.25, -0.2) is 0 Å². The van der Waals surface area contributed by atoms with Crippen LogP contribution in [0.25, 0.3) is 33.1 Å². The minimum absolute atomic E-state index is 0.833. The van der Waals surface area contributed by atoms with Gasteiger partial charge in [-0.2, -0.15) is 0 Å². The standard InChI is InChI=1S/C20H17NO/c1-12-9-17(13(2)18(21)10-12)14-7-8-16-15-5-3-4-6-19(15)22-20(16)11-14/h3-11H,21H2,1-2H3. The molecule has 0 bridgehead atoms. The largest absolute Gasteiger partial charge is 0.456 e. The highest BCUT2D eigenvalue weighted by atomic mass is 16.3. The first-order valence-electron chi connectivity index (χ1n) is 7.42. The zero-order chi connectivity index (χ0) is 15.3. The van der Waals surface area contributed by atoms with Gasteiger partial charge in [-0.05, 0) is 60.4 Å². The van der Waals surface area contributed by atoms with Crippen LogP contribution >= 0.6 is 0 Å². The molecular formula is C20H17NO. The fourth-order valence-corrected chi connectivity index (χ4v) is 3.08. The highest BCUT2D eigenvalue weighted by Gasteiger charge is 2.10. The minimum atomic E-state index is 0.833. The van der Waals surface area contributed by atoms with Gasteiger partial charge in [-0.3, -0.25) is 0 Å². The Kier molecular flexibility index (Phi) is 2.73. The van der Waals surface area contributed by atoms with Crippen molar-refractivity contribution in [3.8, 4) is 11.1 Å². The van der Waals surface area contributed by atoms with Gasteiger partial charge in [0.25, 0.3) is 0 Å². The highest BCUT2D eigenvalue weighted by molar-refractivity contribution is 6.05. The summed E-state index contributed by atoms with van der Waals surface area (Å²) in [7, 11) is 0. The number of fused-ring (bicyclic) bond motifs is 3. The van der Waals surface area contributed by atoms with E-state index in [4.69, 9.17) is 10.2 Å². The molecular weight excluding hydrogens is 270 g/mol. The van der Waals surface area contributed by atoms with Crippen LogP contribution in [-0.4, -0.2) is 0 Å². The lowest BCUT2D eigenvalue weighted by Crippen LogP contribution is -1.94. The Morgan fingerprint density at radius 3 is 2.45 bits per heavy atom. The summed E-state index contributed by atoms with van der Waals surface area (Å²) in [6.45, 7) is 4.13. The molecule has 0 saturated carbocycles. The molecule has 3 aromatic carbocycles. The summed E-state index contributed by atoms with van der Waals surface area (Å²) in [6, 6.07) is 18.7. The zero-order valence-corrected chi connectivity index (χ0v) is 12.7. The second-order valence-corrected chi connectivity index (χ2v) is 5.84.